The summed E-state index contributed by atoms with van der Waals surface area (Å²) < 4.78 is 0. The minimum atomic E-state index is -0.175. The number of hydrogen-bond donors (Lipinski definition) is 1. The van der Waals surface area contributed by atoms with Gasteiger partial charge in [-0.3, -0.25) is 5.43 Å². The van der Waals surface area contributed by atoms with Crippen LogP contribution < -0.4 is 10.3 Å². The fourth-order valence-corrected chi connectivity index (χ4v) is 1.99. The van der Waals surface area contributed by atoms with E-state index >= 15 is 0 Å². The molecule has 0 amide bonds. The average Bonchev–Trinajstić information content (AvgIpc) is 2.94. The minimum absolute atomic E-state index is 0.175. The van der Waals surface area contributed by atoms with Crippen molar-refractivity contribution in [1.82, 2.24) is 0 Å². The lowest BCUT2D eigenvalue weighted by Crippen LogP contribution is -2.18. The number of rotatable bonds is 3. The molecule has 1 fully saturated rings. The number of hydrogen-bond acceptors (Lipinski definition) is 5. The molecule has 90 valence electrons. The highest BCUT2D eigenvalue weighted by atomic mass is 15.3. The van der Waals surface area contributed by atoms with E-state index in [0.717, 1.165) is 24.5 Å². The van der Waals surface area contributed by atoms with Crippen LogP contribution in [0.5, 0.6) is 0 Å². The van der Waals surface area contributed by atoms with Gasteiger partial charge in [-0.1, -0.05) is 12.1 Å². The number of benzene rings is 1. The van der Waals surface area contributed by atoms with Crippen LogP contribution in [0.15, 0.2) is 29.4 Å². The lowest BCUT2D eigenvalue weighted by molar-refractivity contribution is 0.949. The molecule has 1 aromatic rings. The van der Waals surface area contributed by atoms with Gasteiger partial charge in [0.25, 0.3) is 0 Å². The first kappa shape index (κ1) is 11.9. The Balaban J connectivity index is 2.21. The average molecular weight is 239 g/mol. The highest BCUT2D eigenvalue weighted by molar-refractivity contribution is 6.10. The molecule has 0 atom stereocenters. The summed E-state index contributed by atoms with van der Waals surface area (Å²) in [6, 6.07) is 11.2. The molecule has 18 heavy (non-hydrogen) atoms. The van der Waals surface area contributed by atoms with Gasteiger partial charge in [-0.05, 0) is 25.0 Å². The Hall–Kier alpha value is -2.53. The number of para-hydroxylation sites is 2. The molecular formula is C13H13N5. The Labute approximate surface area is 106 Å². The Morgan fingerprint density at radius 3 is 2.50 bits per heavy atom. The predicted molar refractivity (Wildman–Crippen MR) is 70.2 cm³/mol. The van der Waals surface area contributed by atoms with Crippen LogP contribution >= 0.6 is 0 Å². The first-order chi connectivity index (χ1) is 8.85. The van der Waals surface area contributed by atoms with Crippen molar-refractivity contribution in [3.63, 3.8) is 0 Å². The van der Waals surface area contributed by atoms with Gasteiger partial charge in [0, 0.05) is 13.1 Å². The topological polar surface area (TPSA) is 75.2 Å². The van der Waals surface area contributed by atoms with Crippen molar-refractivity contribution in [2.45, 2.75) is 12.8 Å². The monoisotopic (exact) mass is 239 g/mol. The molecular weight excluding hydrogens is 226 g/mol. The predicted octanol–water partition coefficient (Wildman–Crippen LogP) is 2.10. The molecule has 0 radical (unpaired) electrons. The van der Waals surface area contributed by atoms with E-state index in [1.54, 1.807) is 12.1 Å². The third-order valence-electron chi connectivity index (χ3n) is 2.85. The molecule has 1 aliphatic heterocycles. The van der Waals surface area contributed by atoms with E-state index < -0.39 is 0 Å². The molecule has 0 spiro atoms. The Kier molecular flexibility index (Phi) is 3.78. The van der Waals surface area contributed by atoms with Gasteiger partial charge in [0.1, 0.15) is 12.1 Å². The van der Waals surface area contributed by atoms with Gasteiger partial charge in [-0.2, -0.15) is 15.6 Å². The van der Waals surface area contributed by atoms with Crippen LogP contribution in [0.2, 0.25) is 0 Å². The van der Waals surface area contributed by atoms with E-state index in [-0.39, 0.29) is 5.71 Å². The van der Waals surface area contributed by atoms with E-state index in [0.29, 0.717) is 0 Å². The van der Waals surface area contributed by atoms with Crippen LogP contribution in [-0.2, 0) is 0 Å². The Morgan fingerprint density at radius 2 is 1.83 bits per heavy atom. The van der Waals surface area contributed by atoms with Gasteiger partial charge in [-0.15, -0.1) is 0 Å². The normalized spacial score (nSPS) is 13.6. The van der Waals surface area contributed by atoms with Crippen LogP contribution in [0.4, 0.5) is 11.4 Å². The van der Waals surface area contributed by atoms with Crippen LogP contribution in [0, 0.1) is 22.7 Å². The van der Waals surface area contributed by atoms with Crippen molar-refractivity contribution in [1.29, 1.82) is 10.5 Å². The summed E-state index contributed by atoms with van der Waals surface area (Å²) in [7, 11) is 0. The molecule has 1 aromatic carbocycles. The molecule has 0 saturated carbocycles. The fraction of sp³-hybridized carbons (Fsp3) is 0.308. The number of nitrogens with zero attached hydrogens (tertiary/aromatic N) is 4. The van der Waals surface area contributed by atoms with Crippen molar-refractivity contribution >= 4 is 17.1 Å². The zero-order valence-corrected chi connectivity index (χ0v) is 9.93. The van der Waals surface area contributed by atoms with Crippen LogP contribution in [-0.4, -0.2) is 18.8 Å². The van der Waals surface area contributed by atoms with E-state index in [2.05, 4.69) is 15.4 Å². The summed E-state index contributed by atoms with van der Waals surface area (Å²) in [5.41, 5.74) is 4.50. The zero-order chi connectivity index (χ0) is 12.8. The largest absolute Gasteiger partial charge is 0.370 e. The second-order valence-corrected chi connectivity index (χ2v) is 4.01. The summed E-state index contributed by atoms with van der Waals surface area (Å²) in [4.78, 5) is 2.27. The van der Waals surface area contributed by atoms with Crippen molar-refractivity contribution in [3.8, 4) is 12.1 Å². The maximum atomic E-state index is 8.63. The van der Waals surface area contributed by atoms with Crippen molar-refractivity contribution in [2.24, 2.45) is 5.10 Å². The fourth-order valence-electron chi connectivity index (χ4n) is 1.99. The van der Waals surface area contributed by atoms with Crippen LogP contribution in [0.3, 0.4) is 0 Å². The van der Waals surface area contributed by atoms with Gasteiger partial charge in [-0.25, -0.2) is 0 Å². The van der Waals surface area contributed by atoms with Gasteiger partial charge in [0.2, 0.25) is 5.71 Å². The quantitative estimate of drug-likeness (QED) is 0.647. The second-order valence-electron chi connectivity index (χ2n) is 4.01. The Bertz CT molecular complexity index is 513. The van der Waals surface area contributed by atoms with E-state index in [9.17, 15) is 0 Å². The zero-order valence-electron chi connectivity index (χ0n) is 9.93. The highest BCUT2D eigenvalue weighted by Crippen LogP contribution is 2.28. The van der Waals surface area contributed by atoms with Crippen LogP contribution in [0.25, 0.3) is 0 Å². The standard InChI is InChI=1S/C13H13N5/c14-9-11(10-15)16-17-12-5-1-2-6-13(12)18-7-3-4-8-18/h1-2,5-6,17H,3-4,7-8H2. The van der Waals surface area contributed by atoms with Crippen molar-refractivity contribution < 1.29 is 0 Å². The summed E-state index contributed by atoms with van der Waals surface area (Å²) in [5.74, 6) is 0. The molecule has 1 heterocycles. The smallest absolute Gasteiger partial charge is 0.237 e. The number of nitriles is 2. The molecule has 1 saturated heterocycles. The SMILES string of the molecule is N#CC(C#N)=NNc1ccccc1N1CCCC1. The number of anilines is 2. The lowest BCUT2D eigenvalue weighted by Gasteiger charge is -2.20. The maximum Gasteiger partial charge on any atom is 0.237 e. The molecule has 0 unspecified atom stereocenters. The summed E-state index contributed by atoms with van der Waals surface area (Å²) in [6.07, 6.45) is 2.39. The summed E-state index contributed by atoms with van der Waals surface area (Å²) in [6.45, 7) is 2.07. The van der Waals surface area contributed by atoms with Crippen LogP contribution in [0.1, 0.15) is 12.8 Å². The molecule has 5 nitrogen and oxygen atoms in total. The second kappa shape index (κ2) is 5.70. The highest BCUT2D eigenvalue weighted by Gasteiger charge is 2.15. The van der Waals surface area contributed by atoms with Crippen molar-refractivity contribution in [2.75, 3.05) is 23.4 Å². The first-order valence-corrected chi connectivity index (χ1v) is 5.83. The maximum absolute atomic E-state index is 8.63. The van der Waals surface area contributed by atoms with E-state index in [4.69, 9.17) is 10.5 Å². The molecule has 1 N–H and O–H groups in total. The molecule has 5 heteroatoms. The van der Waals surface area contributed by atoms with E-state index in [1.807, 2.05) is 24.3 Å². The third kappa shape index (κ3) is 2.58. The van der Waals surface area contributed by atoms with Gasteiger partial charge in [0.05, 0.1) is 11.4 Å². The summed E-state index contributed by atoms with van der Waals surface area (Å²) in [5, 5.41) is 21.0. The number of hydrazone groups is 1. The minimum Gasteiger partial charge on any atom is -0.370 e. The van der Waals surface area contributed by atoms with Crippen molar-refractivity contribution in [3.05, 3.63) is 24.3 Å². The summed E-state index contributed by atoms with van der Waals surface area (Å²) >= 11 is 0. The molecule has 0 aromatic heterocycles. The molecule has 1 aliphatic rings. The lowest BCUT2D eigenvalue weighted by atomic mass is 10.2. The van der Waals surface area contributed by atoms with E-state index in [1.165, 1.54) is 12.8 Å². The first-order valence-electron chi connectivity index (χ1n) is 5.83. The molecule has 0 aliphatic carbocycles. The van der Waals surface area contributed by atoms with Gasteiger partial charge in [0.15, 0.2) is 0 Å². The third-order valence-corrected chi connectivity index (χ3v) is 2.85. The van der Waals surface area contributed by atoms with Gasteiger partial charge < -0.3 is 4.90 Å². The molecule has 2 rings (SSSR count). The molecule has 0 bridgehead atoms. The number of nitrogens with one attached hydrogen (secondary N) is 1. The van der Waals surface area contributed by atoms with Gasteiger partial charge >= 0.3 is 0 Å². The Morgan fingerprint density at radius 1 is 1.17 bits per heavy atom.